The fraction of sp³-hybridized carbons (Fsp3) is 0.733. The van der Waals surface area contributed by atoms with Crippen LogP contribution in [0, 0.1) is 5.92 Å². The molecule has 1 aromatic heterocycles. The Morgan fingerprint density at radius 2 is 1.95 bits per heavy atom. The first kappa shape index (κ1) is 14.1. The van der Waals surface area contributed by atoms with Gasteiger partial charge in [-0.25, -0.2) is 9.97 Å². The summed E-state index contributed by atoms with van der Waals surface area (Å²) in [6.07, 6.45) is 2.59. The second kappa shape index (κ2) is 5.76. The third-order valence-electron chi connectivity index (χ3n) is 3.35. The van der Waals surface area contributed by atoms with Crippen molar-refractivity contribution in [1.82, 2.24) is 9.97 Å². The molecule has 1 N–H and O–H groups in total. The summed E-state index contributed by atoms with van der Waals surface area (Å²) in [7, 11) is 1.92. The van der Waals surface area contributed by atoms with Crippen LogP contribution in [-0.2, 0) is 0 Å². The summed E-state index contributed by atoms with van der Waals surface area (Å²) in [5.41, 5.74) is 0. The van der Waals surface area contributed by atoms with Crippen LogP contribution in [0.2, 0.25) is 0 Å². The fourth-order valence-electron chi connectivity index (χ4n) is 2.20. The van der Waals surface area contributed by atoms with Crippen molar-refractivity contribution in [2.45, 2.75) is 52.5 Å². The predicted octanol–water partition coefficient (Wildman–Crippen LogP) is 3.27. The van der Waals surface area contributed by atoms with E-state index in [-0.39, 0.29) is 0 Å². The van der Waals surface area contributed by atoms with Gasteiger partial charge >= 0.3 is 0 Å². The van der Waals surface area contributed by atoms with Gasteiger partial charge in [-0.15, -0.1) is 0 Å². The smallest absolute Gasteiger partial charge is 0.135 e. The molecule has 0 unspecified atom stereocenters. The van der Waals surface area contributed by atoms with Crippen LogP contribution in [0.25, 0.3) is 0 Å². The molecule has 1 aromatic rings. The van der Waals surface area contributed by atoms with Crippen LogP contribution in [0.5, 0.6) is 0 Å². The van der Waals surface area contributed by atoms with Crippen molar-refractivity contribution in [3.05, 3.63) is 11.9 Å². The van der Waals surface area contributed by atoms with Crippen molar-refractivity contribution in [2.75, 3.05) is 23.8 Å². The summed E-state index contributed by atoms with van der Waals surface area (Å²) < 4.78 is 0. The van der Waals surface area contributed by atoms with Gasteiger partial charge in [-0.3, -0.25) is 0 Å². The molecule has 2 rings (SSSR count). The maximum atomic E-state index is 4.77. The number of rotatable bonds is 6. The highest BCUT2D eigenvalue weighted by Crippen LogP contribution is 2.32. The Bertz CT molecular complexity index is 424. The summed E-state index contributed by atoms with van der Waals surface area (Å²) in [4.78, 5) is 11.8. The van der Waals surface area contributed by atoms with Gasteiger partial charge in [0.25, 0.3) is 0 Å². The van der Waals surface area contributed by atoms with E-state index >= 15 is 0 Å². The lowest BCUT2D eigenvalue weighted by Crippen LogP contribution is -2.31. The minimum atomic E-state index is 0.354. The Hall–Kier alpha value is -1.32. The predicted molar refractivity (Wildman–Crippen MR) is 80.9 cm³/mol. The first-order valence-electron chi connectivity index (χ1n) is 7.34. The van der Waals surface area contributed by atoms with E-state index in [1.807, 2.05) is 7.05 Å². The van der Waals surface area contributed by atoms with E-state index < -0.39 is 0 Å². The van der Waals surface area contributed by atoms with E-state index in [9.17, 15) is 0 Å². The zero-order valence-corrected chi connectivity index (χ0v) is 12.8. The molecule has 0 aliphatic heterocycles. The van der Waals surface area contributed by atoms with E-state index in [2.05, 4.69) is 49.0 Å². The van der Waals surface area contributed by atoms with Crippen LogP contribution in [0.3, 0.4) is 0 Å². The molecule has 4 nitrogen and oxygen atoms in total. The first-order valence-corrected chi connectivity index (χ1v) is 7.34. The van der Waals surface area contributed by atoms with Crippen molar-refractivity contribution in [1.29, 1.82) is 0 Å². The van der Waals surface area contributed by atoms with Gasteiger partial charge in [0.2, 0.25) is 0 Å². The lowest BCUT2D eigenvalue weighted by molar-refractivity contribution is 0.600. The Morgan fingerprint density at radius 1 is 1.26 bits per heavy atom. The molecular formula is C15H26N4. The number of hydrogen-bond acceptors (Lipinski definition) is 4. The van der Waals surface area contributed by atoms with Crippen molar-refractivity contribution in [2.24, 2.45) is 5.92 Å². The molecule has 1 aliphatic carbocycles. The van der Waals surface area contributed by atoms with E-state index in [1.54, 1.807) is 0 Å². The summed E-state index contributed by atoms with van der Waals surface area (Å²) >= 11 is 0. The zero-order chi connectivity index (χ0) is 14.0. The molecule has 0 radical (unpaired) electrons. The molecule has 0 bridgehead atoms. The lowest BCUT2D eigenvalue weighted by atomic mass is 10.2. The van der Waals surface area contributed by atoms with Crippen LogP contribution in [0.1, 0.15) is 52.3 Å². The molecule has 106 valence electrons. The molecule has 0 aromatic carbocycles. The van der Waals surface area contributed by atoms with Crippen molar-refractivity contribution < 1.29 is 0 Å². The summed E-state index contributed by atoms with van der Waals surface area (Å²) in [6, 6.07) is 2.76. The zero-order valence-electron chi connectivity index (χ0n) is 12.8. The average Bonchev–Trinajstić information content (AvgIpc) is 3.19. The Labute approximate surface area is 116 Å². The Kier molecular flexibility index (Phi) is 4.27. The van der Waals surface area contributed by atoms with Gasteiger partial charge in [0.15, 0.2) is 0 Å². The molecule has 4 heteroatoms. The van der Waals surface area contributed by atoms with Crippen LogP contribution >= 0.6 is 0 Å². The van der Waals surface area contributed by atoms with E-state index in [0.29, 0.717) is 17.9 Å². The van der Waals surface area contributed by atoms with Gasteiger partial charge in [-0.05, 0) is 18.8 Å². The van der Waals surface area contributed by atoms with Crippen LogP contribution in [-0.4, -0.2) is 29.6 Å². The molecule has 1 aliphatic rings. The van der Waals surface area contributed by atoms with Gasteiger partial charge in [-0.1, -0.05) is 27.7 Å². The minimum absolute atomic E-state index is 0.354. The van der Waals surface area contributed by atoms with Gasteiger partial charge in [0, 0.05) is 31.6 Å². The minimum Gasteiger partial charge on any atom is -0.373 e. The Morgan fingerprint density at radius 3 is 2.42 bits per heavy atom. The number of anilines is 2. The fourth-order valence-corrected chi connectivity index (χ4v) is 2.20. The molecule has 19 heavy (non-hydrogen) atoms. The normalized spacial score (nSPS) is 15.1. The summed E-state index contributed by atoms with van der Waals surface area (Å²) in [5.74, 6) is 3.93. The Balaban J connectivity index is 2.32. The number of hydrogen-bond donors (Lipinski definition) is 1. The van der Waals surface area contributed by atoms with Gasteiger partial charge in [-0.2, -0.15) is 0 Å². The first-order chi connectivity index (χ1) is 9.01. The van der Waals surface area contributed by atoms with E-state index in [1.165, 1.54) is 12.8 Å². The highest BCUT2D eigenvalue weighted by Gasteiger charge is 2.31. The second-order valence-electron chi connectivity index (χ2n) is 6.15. The number of nitrogens with one attached hydrogen (secondary N) is 1. The molecule has 1 fully saturated rings. The summed E-state index contributed by atoms with van der Waals surface area (Å²) in [5, 5.41) is 3.15. The molecule has 0 amide bonds. The van der Waals surface area contributed by atoms with Crippen LogP contribution in [0.4, 0.5) is 11.6 Å². The van der Waals surface area contributed by atoms with Crippen LogP contribution < -0.4 is 10.2 Å². The van der Waals surface area contributed by atoms with Gasteiger partial charge in [0.05, 0.1) is 0 Å². The molecule has 0 atom stereocenters. The van der Waals surface area contributed by atoms with Crippen LogP contribution in [0.15, 0.2) is 6.07 Å². The molecule has 1 heterocycles. The maximum absolute atomic E-state index is 4.77. The molecular weight excluding hydrogens is 236 g/mol. The molecule has 0 saturated heterocycles. The largest absolute Gasteiger partial charge is 0.373 e. The standard InChI is InChI=1S/C15H26N4/c1-10(2)9-19(12-6-7-12)14-8-13(16-5)17-15(18-14)11(3)4/h8,10-12H,6-7,9H2,1-5H3,(H,16,17,18). The lowest BCUT2D eigenvalue weighted by Gasteiger charge is -2.26. The van der Waals surface area contributed by atoms with Gasteiger partial charge < -0.3 is 10.2 Å². The quantitative estimate of drug-likeness (QED) is 0.854. The number of aromatic nitrogens is 2. The van der Waals surface area contributed by atoms with Crippen molar-refractivity contribution in [3.8, 4) is 0 Å². The number of nitrogens with zero attached hydrogens (tertiary/aromatic N) is 3. The highest BCUT2D eigenvalue weighted by atomic mass is 15.2. The topological polar surface area (TPSA) is 41.0 Å². The molecule has 1 saturated carbocycles. The van der Waals surface area contributed by atoms with Gasteiger partial charge in [0.1, 0.15) is 17.5 Å². The second-order valence-corrected chi connectivity index (χ2v) is 6.15. The monoisotopic (exact) mass is 262 g/mol. The average molecular weight is 262 g/mol. The third-order valence-corrected chi connectivity index (χ3v) is 3.35. The van der Waals surface area contributed by atoms with Crippen molar-refractivity contribution in [3.63, 3.8) is 0 Å². The summed E-state index contributed by atoms with van der Waals surface area (Å²) in [6.45, 7) is 9.88. The van der Waals surface area contributed by atoms with E-state index in [0.717, 1.165) is 24.0 Å². The maximum Gasteiger partial charge on any atom is 0.135 e. The van der Waals surface area contributed by atoms with E-state index in [4.69, 9.17) is 4.98 Å². The SMILES string of the molecule is CNc1cc(N(CC(C)C)C2CC2)nc(C(C)C)n1. The van der Waals surface area contributed by atoms with Crippen molar-refractivity contribution >= 4 is 11.6 Å². The molecule has 0 spiro atoms. The highest BCUT2D eigenvalue weighted by molar-refractivity contribution is 5.51. The third kappa shape index (κ3) is 3.58.